The van der Waals surface area contributed by atoms with Crippen LogP contribution in [0.15, 0.2) is 11.1 Å². The van der Waals surface area contributed by atoms with Gasteiger partial charge < -0.3 is 25.4 Å². The van der Waals surface area contributed by atoms with Crippen LogP contribution in [0, 0.1) is 19.7 Å². The highest BCUT2D eigenvalue weighted by molar-refractivity contribution is 7.99. The molecule has 2 bridgehead atoms. The molecule has 6 heterocycles. The van der Waals surface area contributed by atoms with Crippen LogP contribution in [0.1, 0.15) is 57.9 Å². The standard InChI is InChI=1S/C28H38FN7O3S/c1-13(2)38-25-19-22(20(29)21(32-25)18-9-14(3)31-23(30)15(18)4)33-26(40-8)34-24(19)35-11-16-10-17(12-35)36(16)27(37)39-28(5,6)7/h9,13,16-17,26,33H,10-12H2,1-8H3,(H2,30,31). The van der Waals surface area contributed by atoms with E-state index < -0.39 is 16.9 Å². The maximum absolute atomic E-state index is 16.5. The van der Waals surface area contributed by atoms with Crippen molar-refractivity contribution >= 4 is 35.2 Å². The summed E-state index contributed by atoms with van der Waals surface area (Å²) in [7, 11) is 0. The Morgan fingerprint density at radius 1 is 1.23 bits per heavy atom. The Morgan fingerprint density at radius 2 is 1.90 bits per heavy atom. The smallest absolute Gasteiger partial charge is 0.410 e. The first kappa shape index (κ1) is 28.3. The third-order valence-electron chi connectivity index (χ3n) is 7.20. The monoisotopic (exact) mass is 571 g/mol. The second-order valence-electron chi connectivity index (χ2n) is 11.8. The van der Waals surface area contributed by atoms with E-state index in [1.165, 1.54) is 11.8 Å². The number of rotatable bonds is 4. The summed E-state index contributed by atoms with van der Waals surface area (Å²) in [5, 5.41) is 3.25. The number of nitrogens with zero attached hydrogens (tertiary/aromatic N) is 5. The molecule has 3 atom stereocenters. The Balaban J connectivity index is 1.57. The molecule has 10 nitrogen and oxygen atoms in total. The first-order valence-electron chi connectivity index (χ1n) is 13.5. The maximum atomic E-state index is 16.5. The Bertz CT molecular complexity index is 1360. The number of nitrogens with two attached hydrogens (primary N) is 1. The maximum Gasteiger partial charge on any atom is 0.410 e. The van der Waals surface area contributed by atoms with Gasteiger partial charge in [0.05, 0.1) is 23.9 Å². The summed E-state index contributed by atoms with van der Waals surface area (Å²) in [4.78, 5) is 30.8. The number of piperazine rings is 1. The molecule has 2 aromatic heterocycles. The van der Waals surface area contributed by atoms with Gasteiger partial charge in [-0.3, -0.25) is 4.90 Å². The van der Waals surface area contributed by atoms with Crippen LogP contribution in [0.25, 0.3) is 11.3 Å². The predicted molar refractivity (Wildman–Crippen MR) is 156 cm³/mol. The van der Waals surface area contributed by atoms with Gasteiger partial charge in [-0.2, -0.15) is 0 Å². The third kappa shape index (κ3) is 5.13. The number of aliphatic imine (C=N–C) groups is 1. The van der Waals surface area contributed by atoms with E-state index in [2.05, 4.69) is 15.2 Å². The molecule has 6 rings (SSSR count). The van der Waals surface area contributed by atoms with Crippen molar-refractivity contribution in [3.8, 4) is 17.1 Å². The van der Waals surface area contributed by atoms with E-state index in [-0.39, 0.29) is 30.0 Å². The van der Waals surface area contributed by atoms with Crippen LogP contribution < -0.4 is 15.8 Å². The van der Waals surface area contributed by atoms with Gasteiger partial charge in [-0.15, -0.1) is 11.8 Å². The Kier molecular flexibility index (Phi) is 7.26. The van der Waals surface area contributed by atoms with Gasteiger partial charge in [0.1, 0.15) is 28.5 Å². The molecule has 40 heavy (non-hydrogen) atoms. The van der Waals surface area contributed by atoms with Crippen molar-refractivity contribution in [1.29, 1.82) is 0 Å². The van der Waals surface area contributed by atoms with Gasteiger partial charge in [0.2, 0.25) is 5.88 Å². The van der Waals surface area contributed by atoms with Crippen LogP contribution >= 0.6 is 11.8 Å². The predicted octanol–water partition coefficient (Wildman–Crippen LogP) is 4.78. The average molecular weight is 572 g/mol. The third-order valence-corrected chi connectivity index (χ3v) is 7.87. The molecule has 3 unspecified atom stereocenters. The molecule has 0 spiro atoms. The number of pyridine rings is 2. The molecule has 3 fully saturated rings. The van der Waals surface area contributed by atoms with Crippen molar-refractivity contribution in [1.82, 2.24) is 19.8 Å². The number of anilines is 2. The summed E-state index contributed by atoms with van der Waals surface area (Å²) >= 11 is 1.47. The van der Waals surface area contributed by atoms with E-state index in [0.717, 1.165) is 6.42 Å². The molecule has 0 radical (unpaired) electrons. The highest BCUT2D eigenvalue weighted by Crippen LogP contribution is 2.43. The van der Waals surface area contributed by atoms with Gasteiger partial charge in [0, 0.05) is 29.9 Å². The van der Waals surface area contributed by atoms with Crippen LogP contribution in [-0.4, -0.2) is 80.3 Å². The number of halogens is 1. The van der Waals surface area contributed by atoms with Gasteiger partial charge in [-0.05, 0) is 67.2 Å². The molecular formula is C28H38FN7O3S. The number of amidine groups is 1. The van der Waals surface area contributed by atoms with Crippen molar-refractivity contribution in [2.45, 2.75) is 84.2 Å². The molecule has 3 N–H and O–H groups in total. The van der Waals surface area contributed by atoms with Crippen molar-refractivity contribution < 1.29 is 18.7 Å². The van der Waals surface area contributed by atoms with Crippen molar-refractivity contribution in [3.05, 3.63) is 28.7 Å². The lowest BCUT2D eigenvalue weighted by atomic mass is 9.87. The number of carbonyl (C=O) groups excluding carboxylic acids is 1. The molecule has 1 amide bonds. The number of aromatic nitrogens is 2. The van der Waals surface area contributed by atoms with E-state index in [9.17, 15) is 4.79 Å². The van der Waals surface area contributed by atoms with Crippen molar-refractivity contribution in [2.75, 3.05) is 30.4 Å². The number of ether oxygens (including phenoxy) is 2. The van der Waals surface area contributed by atoms with Gasteiger partial charge in [0.15, 0.2) is 11.3 Å². The zero-order valence-electron chi connectivity index (χ0n) is 24.3. The lowest BCUT2D eigenvalue weighted by Crippen LogP contribution is -2.71. The first-order valence-corrected chi connectivity index (χ1v) is 14.8. The molecule has 12 heteroatoms. The molecule has 0 aliphatic carbocycles. The zero-order valence-corrected chi connectivity index (χ0v) is 25.1. The number of thioether (sulfide) groups is 1. The Hall–Kier alpha value is -3.28. The summed E-state index contributed by atoms with van der Waals surface area (Å²) in [6.45, 7) is 14.1. The van der Waals surface area contributed by atoms with E-state index in [0.29, 0.717) is 58.7 Å². The minimum Gasteiger partial charge on any atom is -0.474 e. The number of carbonyl (C=O) groups is 1. The van der Waals surface area contributed by atoms with Crippen LogP contribution in [0.3, 0.4) is 0 Å². The van der Waals surface area contributed by atoms with Crippen LogP contribution in [0.5, 0.6) is 5.88 Å². The summed E-state index contributed by atoms with van der Waals surface area (Å²) < 4.78 is 28.3. The molecule has 216 valence electrons. The van der Waals surface area contributed by atoms with Gasteiger partial charge >= 0.3 is 6.09 Å². The van der Waals surface area contributed by atoms with Gasteiger partial charge in [-0.25, -0.2) is 24.1 Å². The fourth-order valence-corrected chi connectivity index (χ4v) is 5.90. The number of hydrogen-bond donors (Lipinski definition) is 2. The van der Waals surface area contributed by atoms with E-state index in [4.69, 9.17) is 25.2 Å². The molecule has 4 aliphatic rings. The highest BCUT2D eigenvalue weighted by atomic mass is 32.2. The number of fused-ring (bicyclic) bond motifs is 3. The van der Waals surface area contributed by atoms with E-state index in [1.54, 1.807) is 6.07 Å². The molecule has 3 saturated heterocycles. The lowest BCUT2D eigenvalue weighted by Gasteiger charge is -2.56. The normalized spacial score (nSPS) is 21.9. The number of nitrogens with one attached hydrogen (secondary N) is 1. The van der Waals surface area contributed by atoms with Crippen LogP contribution in [-0.2, 0) is 4.74 Å². The molecule has 0 saturated carbocycles. The fourth-order valence-electron chi connectivity index (χ4n) is 5.46. The molecule has 0 aromatic carbocycles. The Labute approximate surface area is 238 Å². The topological polar surface area (TPSA) is 118 Å². The van der Waals surface area contributed by atoms with Gasteiger partial charge in [0.25, 0.3) is 0 Å². The summed E-state index contributed by atoms with van der Waals surface area (Å²) in [5.41, 5.74) is 7.98. The van der Waals surface area contributed by atoms with Crippen LogP contribution in [0.4, 0.5) is 20.7 Å². The summed E-state index contributed by atoms with van der Waals surface area (Å²) in [6, 6.07) is 1.76. The first-order chi connectivity index (χ1) is 18.8. The summed E-state index contributed by atoms with van der Waals surface area (Å²) in [5.74, 6) is 0.744. The number of piperidine rings is 1. The minimum atomic E-state index is -0.565. The molecular weight excluding hydrogens is 533 g/mol. The SMILES string of the molecule is CSC1N=C(N2CC3CC(C2)N3C(=O)OC(C)(C)C)c2c(OC(C)C)nc(-c3cc(C)nc(N)c3C)c(F)c2N1. The molecule has 2 aromatic rings. The van der Waals surface area contributed by atoms with E-state index >= 15 is 4.39 Å². The minimum absolute atomic E-state index is 0.0145. The molecule has 4 aliphatic heterocycles. The fraction of sp³-hybridized carbons (Fsp3) is 0.571. The second-order valence-corrected chi connectivity index (χ2v) is 12.8. The lowest BCUT2D eigenvalue weighted by molar-refractivity contribution is -0.0625. The van der Waals surface area contributed by atoms with E-state index in [1.807, 2.05) is 59.6 Å². The number of nitrogen functional groups attached to an aromatic ring is 1. The number of hydrogen-bond acceptors (Lipinski definition) is 10. The number of amides is 1. The second kappa shape index (κ2) is 10.3. The quantitative estimate of drug-likeness (QED) is 0.534. The average Bonchev–Trinajstić information content (AvgIpc) is 2.85. The van der Waals surface area contributed by atoms with Crippen LogP contribution in [0.2, 0.25) is 0 Å². The highest BCUT2D eigenvalue weighted by Gasteiger charge is 2.50. The largest absolute Gasteiger partial charge is 0.474 e. The summed E-state index contributed by atoms with van der Waals surface area (Å²) in [6.07, 6.45) is 2.30. The zero-order chi connectivity index (χ0) is 29.1. The Morgan fingerprint density at radius 3 is 2.50 bits per heavy atom. The van der Waals surface area contributed by atoms with Crippen molar-refractivity contribution in [3.63, 3.8) is 0 Å². The number of aryl methyl sites for hydroxylation is 1. The van der Waals surface area contributed by atoms with Crippen molar-refractivity contribution in [2.24, 2.45) is 4.99 Å². The van der Waals surface area contributed by atoms with Gasteiger partial charge in [-0.1, -0.05) is 0 Å².